The van der Waals surface area contributed by atoms with Gasteiger partial charge in [0.2, 0.25) is 0 Å². The van der Waals surface area contributed by atoms with Gasteiger partial charge in [0.05, 0.1) is 0 Å². The van der Waals surface area contributed by atoms with Crippen LogP contribution in [-0.2, 0) is 6.42 Å². The van der Waals surface area contributed by atoms with Gasteiger partial charge in [0, 0.05) is 5.33 Å². The van der Waals surface area contributed by atoms with Crippen molar-refractivity contribution in [3.05, 3.63) is 35.4 Å². The SMILES string of the molecule is CCC(C)c1ccc(CCBr)cc1. The van der Waals surface area contributed by atoms with Crippen molar-refractivity contribution in [3.63, 3.8) is 0 Å². The Morgan fingerprint density at radius 2 is 1.85 bits per heavy atom. The summed E-state index contributed by atoms with van der Waals surface area (Å²) in [7, 11) is 0. The van der Waals surface area contributed by atoms with Crippen molar-refractivity contribution in [1.29, 1.82) is 0 Å². The molecule has 1 aromatic carbocycles. The highest BCUT2D eigenvalue weighted by atomic mass is 79.9. The lowest BCUT2D eigenvalue weighted by Crippen LogP contribution is -1.92. The van der Waals surface area contributed by atoms with Crippen molar-refractivity contribution < 1.29 is 0 Å². The van der Waals surface area contributed by atoms with Crippen molar-refractivity contribution in [2.75, 3.05) is 5.33 Å². The molecule has 1 heteroatoms. The van der Waals surface area contributed by atoms with Crippen LogP contribution in [-0.4, -0.2) is 5.33 Å². The zero-order chi connectivity index (χ0) is 9.68. The minimum Gasteiger partial charge on any atom is -0.0924 e. The van der Waals surface area contributed by atoms with Crippen molar-refractivity contribution in [2.24, 2.45) is 0 Å². The maximum absolute atomic E-state index is 3.45. The lowest BCUT2D eigenvalue weighted by atomic mass is 9.97. The number of aryl methyl sites for hydroxylation is 1. The summed E-state index contributed by atoms with van der Waals surface area (Å²) in [6.45, 7) is 4.51. The second kappa shape index (κ2) is 5.43. The summed E-state index contributed by atoms with van der Waals surface area (Å²) in [6, 6.07) is 8.99. The molecule has 0 saturated heterocycles. The summed E-state index contributed by atoms with van der Waals surface area (Å²) < 4.78 is 0. The van der Waals surface area contributed by atoms with Crippen LogP contribution < -0.4 is 0 Å². The fourth-order valence-electron chi connectivity index (χ4n) is 1.36. The van der Waals surface area contributed by atoms with E-state index in [4.69, 9.17) is 0 Å². The van der Waals surface area contributed by atoms with Gasteiger partial charge in [0.15, 0.2) is 0 Å². The maximum atomic E-state index is 3.45. The molecule has 0 heterocycles. The lowest BCUT2D eigenvalue weighted by molar-refractivity contribution is 0.733. The molecule has 0 aliphatic rings. The first-order chi connectivity index (χ1) is 6.27. The molecule has 72 valence electrons. The van der Waals surface area contributed by atoms with E-state index in [2.05, 4.69) is 54.0 Å². The molecule has 0 amide bonds. The number of benzene rings is 1. The molecule has 1 unspecified atom stereocenters. The Labute approximate surface area is 89.5 Å². The van der Waals surface area contributed by atoms with Gasteiger partial charge in [0.25, 0.3) is 0 Å². The number of rotatable bonds is 4. The predicted octanol–water partition coefficient (Wildman–Crippen LogP) is 4.14. The van der Waals surface area contributed by atoms with Crippen LogP contribution in [0.1, 0.15) is 37.3 Å². The number of alkyl halides is 1. The van der Waals surface area contributed by atoms with Crippen molar-refractivity contribution in [1.82, 2.24) is 0 Å². The fourth-order valence-corrected chi connectivity index (χ4v) is 1.82. The summed E-state index contributed by atoms with van der Waals surface area (Å²) in [5, 5.41) is 1.05. The summed E-state index contributed by atoms with van der Waals surface area (Å²) in [5.74, 6) is 0.693. The average molecular weight is 241 g/mol. The molecule has 0 spiro atoms. The van der Waals surface area contributed by atoms with Crippen LogP contribution >= 0.6 is 15.9 Å². The quantitative estimate of drug-likeness (QED) is 0.695. The van der Waals surface area contributed by atoms with Gasteiger partial charge < -0.3 is 0 Å². The highest BCUT2D eigenvalue weighted by Gasteiger charge is 2.01. The number of hydrogen-bond donors (Lipinski definition) is 0. The second-order valence-electron chi connectivity index (χ2n) is 3.49. The van der Waals surface area contributed by atoms with E-state index >= 15 is 0 Å². The summed E-state index contributed by atoms with van der Waals surface area (Å²) >= 11 is 3.45. The molecule has 0 aromatic heterocycles. The smallest absolute Gasteiger partial charge is 0.00718 e. The number of halogens is 1. The van der Waals surface area contributed by atoms with Crippen LogP contribution in [0.15, 0.2) is 24.3 Å². The van der Waals surface area contributed by atoms with Gasteiger partial charge in [-0.2, -0.15) is 0 Å². The maximum Gasteiger partial charge on any atom is 0.00718 e. The summed E-state index contributed by atoms with van der Waals surface area (Å²) in [6.07, 6.45) is 2.35. The Morgan fingerprint density at radius 1 is 1.23 bits per heavy atom. The fraction of sp³-hybridized carbons (Fsp3) is 0.500. The molecule has 13 heavy (non-hydrogen) atoms. The normalized spacial score (nSPS) is 12.8. The van der Waals surface area contributed by atoms with E-state index < -0.39 is 0 Å². The van der Waals surface area contributed by atoms with Crippen LogP contribution in [0, 0.1) is 0 Å². The topological polar surface area (TPSA) is 0 Å². The molecule has 1 aromatic rings. The highest BCUT2D eigenvalue weighted by molar-refractivity contribution is 9.09. The van der Waals surface area contributed by atoms with E-state index in [0.29, 0.717) is 5.92 Å². The van der Waals surface area contributed by atoms with Crippen molar-refractivity contribution in [3.8, 4) is 0 Å². The monoisotopic (exact) mass is 240 g/mol. The van der Waals surface area contributed by atoms with Crippen LogP contribution in [0.3, 0.4) is 0 Å². The number of hydrogen-bond acceptors (Lipinski definition) is 0. The Morgan fingerprint density at radius 3 is 2.31 bits per heavy atom. The van der Waals surface area contributed by atoms with Gasteiger partial charge in [-0.25, -0.2) is 0 Å². The van der Waals surface area contributed by atoms with Crippen LogP contribution in [0.2, 0.25) is 0 Å². The molecule has 0 bridgehead atoms. The molecule has 1 rings (SSSR count). The van der Waals surface area contributed by atoms with Crippen LogP contribution in [0.4, 0.5) is 0 Å². The van der Waals surface area contributed by atoms with Crippen molar-refractivity contribution in [2.45, 2.75) is 32.6 Å². The third-order valence-corrected chi connectivity index (χ3v) is 2.94. The van der Waals surface area contributed by atoms with Gasteiger partial charge in [-0.15, -0.1) is 0 Å². The molecule has 0 radical (unpaired) electrons. The molecule has 1 atom stereocenters. The second-order valence-corrected chi connectivity index (χ2v) is 4.28. The predicted molar refractivity (Wildman–Crippen MR) is 62.6 cm³/mol. The Balaban J connectivity index is 2.69. The molecule has 0 saturated carbocycles. The average Bonchev–Trinajstić information content (AvgIpc) is 2.18. The lowest BCUT2D eigenvalue weighted by Gasteiger charge is -2.09. The van der Waals surface area contributed by atoms with Gasteiger partial charge in [-0.05, 0) is 29.9 Å². The van der Waals surface area contributed by atoms with E-state index in [1.54, 1.807) is 0 Å². The molecule has 0 aliphatic heterocycles. The van der Waals surface area contributed by atoms with Gasteiger partial charge in [-0.3, -0.25) is 0 Å². The largest absolute Gasteiger partial charge is 0.0924 e. The van der Waals surface area contributed by atoms with E-state index in [9.17, 15) is 0 Å². The first-order valence-electron chi connectivity index (χ1n) is 4.92. The molecule has 0 fully saturated rings. The molecular weight excluding hydrogens is 224 g/mol. The molecule has 0 nitrogen and oxygen atoms in total. The van der Waals surface area contributed by atoms with Crippen LogP contribution in [0.25, 0.3) is 0 Å². The minimum absolute atomic E-state index is 0.693. The summed E-state index contributed by atoms with van der Waals surface area (Å²) in [5.41, 5.74) is 2.88. The van der Waals surface area contributed by atoms with Gasteiger partial charge in [0.1, 0.15) is 0 Å². The standard InChI is InChI=1S/C12H17Br/c1-3-10(2)12-6-4-11(5-7-12)8-9-13/h4-7,10H,3,8-9H2,1-2H3. The third-order valence-electron chi connectivity index (χ3n) is 2.54. The Bertz CT molecular complexity index is 238. The van der Waals surface area contributed by atoms with Gasteiger partial charge >= 0.3 is 0 Å². The van der Waals surface area contributed by atoms with E-state index in [1.165, 1.54) is 17.5 Å². The highest BCUT2D eigenvalue weighted by Crippen LogP contribution is 2.18. The minimum atomic E-state index is 0.693. The third kappa shape index (κ3) is 3.15. The van der Waals surface area contributed by atoms with Crippen LogP contribution in [0.5, 0.6) is 0 Å². The first-order valence-corrected chi connectivity index (χ1v) is 6.05. The van der Waals surface area contributed by atoms with E-state index in [0.717, 1.165) is 11.8 Å². The Hall–Kier alpha value is -0.300. The Kier molecular flexibility index (Phi) is 4.51. The molecular formula is C12H17Br. The van der Waals surface area contributed by atoms with E-state index in [-0.39, 0.29) is 0 Å². The molecule has 0 aliphatic carbocycles. The van der Waals surface area contributed by atoms with Crippen molar-refractivity contribution >= 4 is 15.9 Å². The molecule has 0 N–H and O–H groups in total. The van der Waals surface area contributed by atoms with Gasteiger partial charge in [-0.1, -0.05) is 54.0 Å². The van der Waals surface area contributed by atoms with E-state index in [1.807, 2.05) is 0 Å². The first kappa shape index (κ1) is 10.8. The zero-order valence-electron chi connectivity index (χ0n) is 8.39. The zero-order valence-corrected chi connectivity index (χ0v) is 9.97. The summed E-state index contributed by atoms with van der Waals surface area (Å²) in [4.78, 5) is 0.